The normalized spacial score (nSPS) is 11.6. The van der Waals surface area contributed by atoms with Crippen molar-refractivity contribution in [3.05, 3.63) is 69.9 Å². The van der Waals surface area contributed by atoms with Crippen molar-refractivity contribution in [1.82, 2.24) is 25.4 Å². The van der Waals surface area contributed by atoms with E-state index in [0.717, 1.165) is 50.0 Å². The first-order valence-corrected chi connectivity index (χ1v) is 10.5. The first-order chi connectivity index (χ1) is 13.7. The number of hydrogen-bond donors (Lipinski definition) is 2. The van der Waals surface area contributed by atoms with Crippen LogP contribution in [0.25, 0.3) is 0 Å². The highest BCUT2D eigenvalue weighted by Gasteiger charge is 2.05. The lowest BCUT2D eigenvalue weighted by atomic mass is 10.1. The minimum Gasteiger partial charge on any atom is -0.356 e. The minimum atomic E-state index is 0.504. The van der Waals surface area contributed by atoms with E-state index in [0.29, 0.717) is 6.54 Å². The smallest absolute Gasteiger partial charge is 0.191 e. The summed E-state index contributed by atoms with van der Waals surface area (Å²) in [6, 6.07) is 14.8. The van der Waals surface area contributed by atoms with E-state index in [1.54, 1.807) is 11.3 Å². The van der Waals surface area contributed by atoms with Gasteiger partial charge in [-0.1, -0.05) is 36.4 Å². The predicted molar refractivity (Wildman–Crippen MR) is 116 cm³/mol. The molecule has 0 unspecified atom stereocenters. The molecule has 0 bridgehead atoms. The molecule has 3 aromatic rings. The zero-order valence-electron chi connectivity index (χ0n) is 16.6. The maximum Gasteiger partial charge on any atom is 0.191 e. The van der Waals surface area contributed by atoms with Crippen molar-refractivity contribution in [2.45, 2.75) is 32.7 Å². The molecule has 0 spiro atoms. The highest BCUT2D eigenvalue weighted by molar-refractivity contribution is 7.09. The number of benzene rings is 1. The van der Waals surface area contributed by atoms with Crippen LogP contribution >= 0.6 is 11.3 Å². The van der Waals surface area contributed by atoms with Gasteiger partial charge in [-0.2, -0.15) is 0 Å². The fourth-order valence-corrected chi connectivity index (χ4v) is 3.52. The zero-order valence-corrected chi connectivity index (χ0v) is 17.4. The number of thiophene rings is 1. The van der Waals surface area contributed by atoms with E-state index in [-0.39, 0.29) is 0 Å². The first-order valence-electron chi connectivity index (χ1n) is 9.66. The summed E-state index contributed by atoms with van der Waals surface area (Å²) >= 11 is 1.79. The Morgan fingerprint density at radius 3 is 2.57 bits per heavy atom. The zero-order chi connectivity index (χ0) is 19.6. The molecule has 0 saturated carbocycles. The molecule has 1 aromatic carbocycles. The molecule has 0 radical (unpaired) electrons. The lowest BCUT2D eigenvalue weighted by Gasteiger charge is -2.12. The molecule has 0 amide bonds. The summed E-state index contributed by atoms with van der Waals surface area (Å²) in [6.45, 7) is 4.17. The van der Waals surface area contributed by atoms with Crippen LogP contribution in [0.2, 0.25) is 0 Å². The van der Waals surface area contributed by atoms with Crippen LogP contribution in [0.1, 0.15) is 28.5 Å². The van der Waals surface area contributed by atoms with Gasteiger partial charge in [-0.05, 0) is 43.2 Å². The fraction of sp³-hybridized carbons (Fsp3) is 0.381. The van der Waals surface area contributed by atoms with Crippen molar-refractivity contribution in [2.24, 2.45) is 12.0 Å². The van der Waals surface area contributed by atoms with Gasteiger partial charge in [0.1, 0.15) is 12.4 Å². The van der Waals surface area contributed by atoms with Crippen molar-refractivity contribution in [3.8, 4) is 0 Å². The molecule has 0 saturated heterocycles. The van der Waals surface area contributed by atoms with Crippen LogP contribution in [0, 0.1) is 6.92 Å². The monoisotopic (exact) mass is 396 g/mol. The summed E-state index contributed by atoms with van der Waals surface area (Å²) in [7, 11) is 1.97. The molecule has 28 heavy (non-hydrogen) atoms. The van der Waals surface area contributed by atoms with Crippen LogP contribution in [0.4, 0.5) is 0 Å². The highest BCUT2D eigenvalue weighted by Crippen LogP contribution is 2.08. The number of rotatable bonds is 9. The van der Waals surface area contributed by atoms with Crippen molar-refractivity contribution < 1.29 is 0 Å². The van der Waals surface area contributed by atoms with Gasteiger partial charge in [-0.25, -0.2) is 4.99 Å². The second-order valence-electron chi connectivity index (χ2n) is 6.66. The van der Waals surface area contributed by atoms with Crippen LogP contribution in [0.3, 0.4) is 0 Å². The van der Waals surface area contributed by atoms with Gasteiger partial charge in [-0.3, -0.25) is 0 Å². The topological polar surface area (TPSA) is 67.1 Å². The quantitative estimate of drug-likeness (QED) is 0.331. The largest absolute Gasteiger partial charge is 0.356 e. The van der Waals surface area contributed by atoms with Gasteiger partial charge < -0.3 is 15.2 Å². The van der Waals surface area contributed by atoms with Crippen molar-refractivity contribution in [2.75, 3.05) is 13.1 Å². The summed E-state index contributed by atoms with van der Waals surface area (Å²) in [5.41, 5.74) is 1.36. The predicted octanol–water partition coefficient (Wildman–Crippen LogP) is 3.10. The maximum absolute atomic E-state index is 4.71. The Kier molecular flexibility index (Phi) is 7.61. The van der Waals surface area contributed by atoms with E-state index in [1.165, 1.54) is 10.4 Å². The molecule has 7 heteroatoms. The van der Waals surface area contributed by atoms with E-state index < -0.39 is 0 Å². The van der Waals surface area contributed by atoms with Crippen molar-refractivity contribution >= 4 is 17.3 Å². The number of aryl methyl sites for hydroxylation is 2. The standard InChI is InChI=1S/C21H28N6S/c1-17-25-26-20(27(17)2)16-24-21(23-14-12-19-11-7-15-28-19)22-13-6-10-18-8-4-3-5-9-18/h3-5,7-9,11,15H,6,10,12-14,16H2,1-2H3,(H2,22,23,24). The van der Waals surface area contributed by atoms with E-state index in [4.69, 9.17) is 4.99 Å². The van der Waals surface area contributed by atoms with Crippen LogP contribution in [0.5, 0.6) is 0 Å². The van der Waals surface area contributed by atoms with Crippen LogP contribution < -0.4 is 10.6 Å². The number of aromatic nitrogens is 3. The Balaban J connectivity index is 1.51. The summed E-state index contributed by atoms with van der Waals surface area (Å²) < 4.78 is 1.97. The molecule has 0 atom stereocenters. The van der Waals surface area contributed by atoms with Gasteiger partial charge in [0.05, 0.1) is 0 Å². The fourth-order valence-electron chi connectivity index (χ4n) is 2.82. The van der Waals surface area contributed by atoms with Gasteiger partial charge in [0.25, 0.3) is 0 Å². The summed E-state index contributed by atoms with van der Waals surface area (Å²) in [4.78, 5) is 6.08. The lowest BCUT2D eigenvalue weighted by molar-refractivity contribution is 0.723. The third-order valence-corrected chi connectivity index (χ3v) is 5.52. The molecule has 0 fully saturated rings. The number of aliphatic imine (C=N–C) groups is 1. The number of guanidine groups is 1. The third kappa shape index (κ3) is 6.20. The lowest BCUT2D eigenvalue weighted by Crippen LogP contribution is -2.39. The van der Waals surface area contributed by atoms with E-state index in [2.05, 4.69) is 68.7 Å². The molecule has 3 rings (SSSR count). The average molecular weight is 397 g/mol. The van der Waals surface area contributed by atoms with Crippen molar-refractivity contribution in [3.63, 3.8) is 0 Å². The third-order valence-electron chi connectivity index (χ3n) is 4.58. The van der Waals surface area contributed by atoms with Crippen LogP contribution in [0.15, 0.2) is 52.8 Å². The molecule has 2 aromatic heterocycles. The second kappa shape index (κ2) is 10.6. The van der Waals surface area contributed by atoms with Gasteiger partial charge >= 0.3 is 0 Å². The molecular weight excluding hydrogens is 368 g/mol. The second-order valence-corrected chi connectivity index (χ2v) is 7.69. The molecule has 0 aliphatic carbocycles. The van der Waals surface area contributed by atoms with E-state index >= 15 is 0 Å². The number of hydrogen-bond acceptors (Lipinski definition) is 4. The molecule has 2 N–H and O–H groups in total. The molecule has 2 heterocycles. The average Bonchev–Trinajstić information content (AvgIpc) is 3.34. The first kappa shape index (κ1) is 20.1. The van der Waals surface area contributed by atoms with E-state index in [9.17, 15) is 0 Å². The summed E-state index contributed by atoms with van der Waals surface area (Å²) in [5.74, 6) is 2.58. The van der Waals surface area contributed by atoms with Crippen LogP contribution in [-0.4, -0.2) is 33.8 Å². The molecule has 0 aliphatic rings. The Labute approximate surface area is 170 Å². The molecule has 6 nitrogen and oxygen atoms in total. The molecule has 148 valence electrons. The molecular formula is C21H28N6S. The van der Waals surface area contributed by atoms with Gasteiger partial charge in [0, 0.05) is 25.0 Å². The Morgan fingerprint density at radius 1 is 1.04 bits per heavy atom. The number of nitrogens with one attached hydrogen (secondary N) is 2. The Hall–Kier alpha value is -2.67. The molecule has 0 aliphatic heterocycles. The van der Waals surface area contributed by atoms with E-state index in [1.807, 2.05) is 18.5 Å². The highest BCUT2D eigenvalue weighted by atomic mass is 32.1. The van der Waals surface area contributed by atoms with Gasteiger partial charge in [0.15, 0.2) is 11.8 Å². The Morgan fingerprint density at radius 2 is 1.86 bits per heavy atom. The minimum absolute atomic E-state index is 0.504. The van der Waals surface area contributed by atoms with Gasteiger partial charge in [-0.15, -0.1) is 21.5 Å². The Bertz CT molecular complexity index is 854. The summed E-state index contributed by atoms with van der Waals surface area (Å²) in [6.07, 6.45) is 3.10. The maximum atomic E-state index is 4.71. The van der Waals surface area contributed by atoms with Crippen molar-refractivity contribution in [1.29, 1.82) is 0 Å². The summed E-state index contributed by atoms with van der Waals surface area (Å²) in [5, 5.41) is 17.3. The van der Waals surface area contributed by atoms with Crippen LogP contribution in [-0.2, 0) is 26.4 Å². The SMILES string of the molecule is Cc1nnc(CN=C(NCCCc2ccccc2)NCCc2cccs2)n1C. The number of nitrogens with zero attached hydrogens (tertiary/aromatic N) is 4. The van der Waals surface area contributed by atoms with Gasteiger partial charge in [0.2, 0.25) is 0 Å².